The Bertz CT molecular complexity index is 1230. The highest BCUT2D eigenvalue weighted by atomic mass is 16.4. The number of pyridine rings is 1. The standard InChI is InChI=1S/C22H19N3O4/c1-12-20-16(15-4-2-3-5-17(15)24-20)11-18(23-12)21(27)25-19(22(28)29)10-13-6-8-14(26)9-7-13/h2-9,11,19,24,26H,10H2,1H3,(H,25,27)(H,28,29). The summed E-state index contributed by atoms with van der Waals surface area (Å²) in [5.41, 5.74) is 3.31. The molecule has 7 heteroatoms. The van der Waals surface area contributed by atoms with Crippen molar-refractivity contribution < 1.29 is 19.8 Å². The van der Waals surface area contributed by atoms with Gasteiger partial charge >= 0.3 is 5.97 Å². The molecule has 0 bridgehead atoms. The zero-order valence-electron chi connectivity index (χ0n) is 15.6. The number of fused-ring (bicyclic) bond motifs is 3. The van der Waals surface area contributed by atoms with Crippen molar-refractivity contribution in [3.63, 3.8) is 0 Å². The molecule has 1 atom stereocenters. The molecule has 0 aliphatic heterocycles. The molecule has 0 aliphatic carbocycles. The van der Waals surface area contributed by atoms with E-state index in [2.05, 4.69) is 15.3 Å². The van der Waals surface area contributed by atoms with Gasteiger partial charge in [-0.05, 0) is 36.8 Å². The van der Waals surface area contributed by atoms with Crippen LogP contribution < -0.4 is 5.32 Å². The number of para-hydroxylation sites is 1. The highest BCUT2D eigenvalue weighted by Gasteiger charge is 2.23. The molecule has 2 aromatic carbocycles. The molecule has 0 saturated heterocycles. The van der Waals surface area contributed by atoms with E-state index in [0.29, 0.717) is 11.3 Å². The van der Waals surface area contributed by atoms with Crippen molar-refractivity contribution in [1.82, 2.24) is 15.3 Å². The van der Waals surface area contributed by atoms with Gasteiger partial charge in [-0.15, -0.1) is 0 Å². The van der Waals surface area contributed by atoms with Crippen LogP contribution in [0, 0.1) is 6.92 Å². The maximum Gasteiger partial charge on any atom is 0.326 e. The first kappa shape index (κ1) is 18.5. The number of nitrogens with zero attached hydrogens (tertiary/aromatic N) is 1. The lowest BCUT2D eigenvalue weighted by Crippen LogP contribution is -2.42. The number of amides is 1. The maximum absolute atomic E-state index is 12.8. The van der Waals surface area contributed by atoms with Crippen LogP contribution in [-0.2, 0) is 11.2 Å². The highest BCUT2D eigenvalue weighted by molar-refractivity contribution is 6.10. The van der Waals surface area contributed by atoms with E-state index in [9.17, 15) is 19.8 Å². The number of aliphatic carboxylic acids is 1. The van der Waals surface area contributed by atoms with E-state index in [1.165, 1.54) is 12.1 Å². The van der Waals surface area contributed by atoms with Crippen LogP contribution >= 0.6 is 0 Å². The largest absolute Gasteiger partial charge is 0.508 e. The second kappa shape index (κ2) is 7.27. The fourth-order valence-electron chi connectivity index (χ4n) is 3.42. The van der Waals surface area contributed by atoms with Gasteiger partial charge in [-0.25, -0.2) is 9.78 Å². The number of hydrogen-bond acceptors (Lipinski definition) is 4. The molecule has 1 unspecified atom stereocenters. The first-order chi connectivity index (χ1) is 13.9. The fraction of sp³-hybridized carbons (Fsp3) is 0.136. The molecule has 0 spiro atoms. The second-order valence-corrected chi connectivity index (χ2v) is 6.92. The molecule has 7 nitrogen and oxygen atoms in total. The Morgan fingerprint density at radius 1 is 1.10 bits per heavy atom. The molecule has 2 aromatic heterocycles. The average Bonchev–Trinajstić information content (AvgIpc) is 3.08. The summed E-state index contributed by atoms with van der Waals surface area (Å²) in [5, 5.41) is 23.3. The lowest BCUT2D eigenvalue weighted by Gasteiger charge is -2.15. The summed E-state index contributed by atoms with van der Waals surface area (Å²) in [6, 6.07) is 14.5. The summed E-state index contributed by atoms with van der Waals surface area (Å²) in [4.78, 5) is 32.1. The van der Waals surface area contributed by atoms with Crippen LogP contribution in [0.4, 0.5) is 0 Å². The number of aromatic nitrogens is 2. The minimum atomic E-state index is -1.14. The predicted molar refractivity (Wildman–Crippen MR) is 109 cm³/mol. The topological polar surface area (TPSA) is 115 Å². The molecule has 2 heterocycles. The number of H-pyrrole nitrogens is 1. The van der Waals surface area contributed by atoms with E-state index >= 15 is 0 Å². The molecule has 0 aliphatic rings. The highest BCUT2D eigenvalue weighted by Crippen LogP contribution is 2.27. The molecule has 0 fully saturated rings. The molecule has 0 saturated carbocycles. The summed E-state index contributed by atoms with van der Waals surface area (Å²) in [5.74, 6) is -1.60. The smallest absolute Gasteiger partial charge is 0.326 e. The summed E-state index contributed by atoms with van der Waals surface area (Å²) in [7, 11) is 0. The van der Waals surface area contributed by atoms with E-state index in [1.54, 1.807) is 25.1 Å². The van der Waals surface area contributed by atoms with Crippen LogP contribution in [0.1, 0.15) is 21.7 Å². The molecule has 29 heavy (non-hydrogen) atoms. The van der Waals surface area contributed by atoms with Gasteiger partial charge in [0.15, 0.2) is 0 Å². The fourth-order valence-corrected chi connectivity index (χ4v) is 3.42. The summed E-state index contributed by atoms with van der Waals surface area (Å²) in [6.45, 7) is 1.81. The zero-order valence-corrected chi connectivity index (χ0v) is 15.6. The quantitative estimate of drug-likeness (QED) is 0.418. The first-order valence-corrected chi connectivity index (χ1v) is 9.12. The Labute approximate surface area is 166 Å². The van der Waals surface area contributed by atoms with E-state index in [0.717, 1.165) is 21.8 Å². The van der Waals surface area contributed by atoms with Crippen molar-refractivity contribution in [2.75, 3.05) is 0 Å². The van der Waals surface area contributed by atoms with E-state index in [1.807, 2.05) is 24.3 Å². The molecule has 1 amide bonds. The van der Waals surface area contributed by atoms with Gasteiger partial charge in [-0.3, -0.25) is 4.79 Å². The Hall–Kier alpha value is -3.87. The van der Waals surface area contributed by atoms with Crippen molar-refractivity contribution in [3.8, 4) is 5.75 Å². The number of aromatic amines is 1. The number of carbonyl (C=O) groups is 2. The summed E-state index contributed by atoms with van der Waals surface area (Å²) in [6.07, 6.45) is 0.0929. The molecule has 4 rings (SSSR count). The van der Waals surface area contributed by atoms with Gasteiger partial charge in [-0.2, -0.15) is 0 Å². The van der Waals surface area contributed by atoms with Crippen LogP contribution in [0.3, 0.4) is 0 Å². The normalized spacial score (nSPS) is 12.2. The third kappa shape index (κ3) is 3.62. The Kier molecular flexibility index (Phi) is 4.64. The SMILES string of the molecule is Cc1nc(C(=O)NC(Cc2ccc(O)cc2)C(=O)O)cc2c1[nH]c1ccccc12. The van der Waals surface area contributed by atoms with Gasteiger partial charge < -0.3 is 20.5 Å². The number of rotatable bonds is 5. The zero-order chi connectivity index (χ0) is 20.5. The van der Waals surface area contributed by atoms with Crippen LogP contribution in [0.2, 0.25) is 0 Å². The van der Waals surface area contributed by atoms with E-state index in [-0.39, 0.29) is 17.9 Å². The van der Waals surface area contributed by atoms with Crippen LogP contribution in [0.5, 0.6) is 5.75 Å². The average molecular weight is 389 g/mol. The first-order valence-electron chi connectivity index (χ1n) is 9.12. The van der Waals surface area contributed by atoms with Crippen molar-refractivity contribution in [2.45, 2.75) is 19.4 Å². The number of phenolic OH excluding ortho intramolecular Hbond substituents is 1. The number of benzene rings is 2. The summed E-state index contributed by atoms with van der Waals surface area (Å²) < 4.78 is 0. The second-order valence-electron chi connectivity index (χ2n) is 6.92. The monoisotopic (exact) mass is 389 g/mol. The van der Waals surface area contributed by atoms with Crippen LogP contribution in [-0.4, -0.2) is 38.1 Å². The van der Waals surface area contributed by atoms with Crippen molar-refractivity contribution in [2.24, 2.45) is 0 Å². The third-order valence-corrected chi connectivity index (χ3v) is 4.89. The van der Waals surface area contributed by atoms with Gasteiger partial charge in [0.2, 0.25) is 0 Å². The van der Waals surface area contributed by atoms with Crippen LogP contribution in [0.15, 0.2) is 54.6 Å². The lowest BCUT2D eigenvalue weighted by atomic mass is 10.1. The Morgan fingerprint density at radius 3 is 2.55 bits per heavy atom. The van der Waals surface area contributed by atoms with Gasteiger partial charge in [-0.1, -0.05) is 30.3 Å². The van der Waals surface area contributed by atoms with Gasteiger partial charge in [0.25, 0.3) is 5.91 Å². The number of nitrogens with one attached hydrogen (secondary N) is 2. The van der Waals surface area contributed by atoms with Crippen LogP contribution in [0.25, 0.3) is 21.8 Å². The van der Waals surface area contributed by atoms with Crippen molar-refractivity contribution >= 4 is 33.7 Å². The number of phenols is 1. The molecule has 4 aromatic rings. The number of aromatic hydroxyl groups is 1. The lowest BCUT2D eigenvalue weighted by molar-refractivity contribution is -0.139. The van der Waals surface area contributed by atoms with Crippen molar-refractivity contribution in [1.29, 1.82) is 0 Å². The number of hydrogen-bond donors (Lipinski definition) is 4. The Balaban J connectivity index is 1.63. The number of carboxylic acid groups (broad SMARTS) is 1. The van der Waals surface area contributed by atoms with E-state index in [4.69, 9.17) is 0 Å². The molecule has 146 valence electrons. The third-order valence-electron chi connectivity index (χ3n) is 4.89. The summed E-state index contributed by atoms with van der Waals surface area (Å²) >= 11 is 0. The maximum atomic E-state index is 12.8. The molecular weight excluding hydrogens is 370 g/mol. The minimum Gasteiger partial charge on any atom is -0.508 e. The molecular formula is C22H19N3O4. The van der Waals surface area contributed by atoms with Gasteiger partial charge in [0.05, 0.1) is 11.2 Å². The van der Waals surface area contributed by atoms with E-state index < -0.39 is 17.9 Å². The van der Waals surface area contributed by atoms with Gasteiger partial charge in [0, 0.05) is 22.7 Å². The van der Waals surface area contributed by atoms with Crippen molar-refractivity contribution in [3.05, 3.63) is 71.5 Å². The number of carbonyl (C=O) groups excluding carboxylic acids is 1. The van der Waals surface area contributed by atoms with Gasteiger partial charge in [0.1, 0.15) is 17.5 Å². The Morgan fingerprint density at radius 2 is 1.83 bits per heavy atom. The predicted octanol–water partition coefficient (Wildman–Crippen LogP) is 3.16. The molecule has 4 N–H and O–H groups in total. The number of carboxylic acids is 1. The number of aryl methyl sites for hydroxylation is 1. The minimum absolute atomic E-state index is 0.0929. The molecule has 0 radical (unpaired) electrons.